The number of anilines is 1. The fourth-order valence-electron chi connectivity index (χ4n) is 2.46. The Hall–Kier alpha value is -2.79. The van der Waals surface area contributed by atoms with Gasteiger partial charge in [0.05, 0.1) is 4.90 Å². The molecule has 2 amide bonds. The van der Waals surface area contributed by atoms with Crippen LogP contribution in [0.15, 0.2) is 34.3 Å². The number of carbonyl (C=O) groups is 3. The minimum Gasteiger partial charge on any atom is -0.451 e. The summed E-state index contributed by atoms with van der Waals surface area (Å²) in [6.45, 7) is 3.69. The summed E-state index contributed by atoms with van der Waals surface area (Å²) in [7, 11) is -3.58. The van der Waals surface area contributed by atoms with E-state index < -0.39 is 28.5 Å². The number of amides is 2. The third kappa shape index (κ3) is 5.36. The van der Waals surface area contributed by atoms with E-state index in [0.29, 0.717) is 18.8 Å². The number of carbonyl (C=O) groups excluding carboxylic acids is 3. The van der Waals surface area contributed by atoms with E-state index in [1.165, 1.54) is 28.6 Å². The zero-order valence-corrected chi connectivity index (χ0v) is 16.4. The van der Waals surface area contributed by atoms with Crippen molar-refractivity contribution >= 4 is 39.2 Å². The molecule has 152 valence electrons. The molecular weight excluding hydrogens is 388 g/mol. The number of nitrogens with zero attached hydrogens (tertiary/aromatic N) is 2. The smallest absolute Gasteiger partial charge is 0.355 e. The van der Waals surface area contributed by atoms with Crippen LogP contribution in [0.2, 0.25) is 0 Å². The topological polar surface area (TPSA) is 134 Å². The maximum Gasteiger partial charge on any atom is 0.355 e. The highest BCUT2D eigenvalue weighted by Crippen LogP contribution is 2.18. The Morgan fingerprint density at radius 2 is 1.82 bits per heavy atom. The van der Waals surface area contributed by atoms with Crippen molar-refractivity contribution in [3.63, 3.8) is 0 Å². The number of hydrogen-bond acceptors (Lipinski definition) is 7. The zero-order valence-electron chi connectivity index (χ0n) is 15.6. The van der Waals surface area contributed by atoms with Crippen LogP contribution in [-0.4, -0.2) is 55.9 Å². The Bertz CT molecular complexity index is 875. The molecule has 28 heavy (non-hydrogen) atoms. The average molecular weight is 410 g/mol. The van der Waals surface area contributed by atoms with E-state index in [0.717, 1.165) is 0 Å². The van der Waals surface area contributed by atoms with Crippen LogP contribution in [0, 0.1) is 0 Å². The quantitative estimate of drug-likeness (QED) is 0.598. The lowest BCUT2D eigenvalue weighted by molar-refractivity contribution is -0.140. The molecule has 0 saturated carbocycles. The molecule has 0 bridgehead atoms. The lowest BCUT2D eigenvalue weighted by Gasteiger charge is -2.18. The molecule has 0 radical (unpaired) electrons. The number of benzene rings is 1. The van der Waals surface area contributed by atoms with Gasteiger partial charge in [-0.2, -0.15) is 9.41 Å². The molecule has 2 rings (SSSR count). The molecule has 0 spiro atoms. The maximum absolute atomic E-state index is 12.4. The first-order chi connectivity index (χ1) is 13.3. The summed E-state index contributed by atoms with van der Waals surface area (Å²) in [5, 5.41) is 6.09. The lowest BCUT2D eigenvalue weighted by atomic mass is 10.2. The van der Waals surface area contributed by atoms with Crippen LogP contribution in [0.1, 0.15) is 26.7 Å². The summed E-state index contributed by atoms with van der Waals surface area (Å²) in [6.07, 6.45) is 0.275. The summed E-state index contributed by atoms with van der Waals surface area (Å²) < 4.78 is 31.0. The second-order valence-corrected chi connectivity index (χ2v) is 7.77. The SMILES string of the molecule is CCN(CC)S(=O)(=O)c1ccc(NC(=O)COC(=O)C2=NNC(=O)CC2)cc1. The van der Waals surface area contributed by atoms with Crippen molar-refractivity contribution in [1.82, 2.24) is 9.73 Å². The largest absolute Gasteiger partial charge is 0.451 e. The van der Waals surface area contributed by atoms with Crippen LogP contribution in [-0.2, 0) is 29.1 Å². The van der Waals surface area contributed by atoms with Gasteiger partial charge in [-0.15, -0.1) is 0 Å². The van der Waals surface area contributed by atoms with Gasteiger partial charge in [-0.25, -0.2) is 18.6 Å². The molecule has 0 saturated heterocycles. The first-order valence-electron chi connectivity index (χ1n) is 8.70. The molecule has 1 aliphatic heterocycles. The van der Waals surface area contributed by atoms with Crippen molar-refractivity contribution in [2.24, 2.45) is 5.10 Å². The van der Waals surface area contributed by atoms with Gasteiger partial charge in [-0.05, 0) is 24.3 Å². The minimum atomic E-state index is -3.58. The molecule has 0 aliphatic carbocycles. The minimum absolute atomic E-state index is 0.0402. The maximum atomic E-state index is 12.4. The molecule has 0 unspecified atom stereocenters. The van der Waals surface area contributed by atoms with E-state index in [1.54, 1.807) is 13.8 Å². The Morgan fingerprint density at radius 3 is 2.36 bits per heavy atom. The number of sulfonamides is 1. The van der Waals surface area contributed by atoms with E-state index in [4.69, 9.17) is 4.74 Å². The Labute approximate surface area is 163 Å². The molecule has 0 aromatic heterocycles. The number of rotatable bonds is 8. The normalized spacial score (nSPS) is 14.2. The Kier molecular flexibility index (Phi) is 7.24. The van der Waals surface area contributed by atoms with Crippen LogP contribution in [0.4, 0.5) is 5.69 Å². The summed E-state index contributed by atoms with van der Waals surface area (Å²) in [5.41, 5.74) is 2.57. The molecule has 0 fully saturated rings. The second kappa shape index (κ2) is 9.42. The monoisotopic (exact) mass is 410 g/mol. The van der Waals surface area contributed by atoms with Crippen molar-refractivity contribution in [2.75, 3.05) is 25.0 Å². The van der Waals surface area contributed by atoms with Crippen molar-refractivity contribution in [2.45, 2.75) is 31.6 Å². The molecule has 1 aliphatic rings. The standard InChI is InChI=1S/C17H22N4O6S/c1-3-21(4-2)28(25,26)13-7-5-12(6-8-13)18-16(23)11-27-17(24)14-9-10-15(22)20-19-14/h5-8H,3-4,9-11H2,1-2H3,(H,18,23)(H,20,22). The first-order valence-corrected chi connectivity index (χ1v) is 10.1. The summed E-state index contributed by atoms with van der Waals surface area (Å²) >= 11 is 0. The van der Waals surface area contributed by atoms with Crippen LogP contribution < -0.4 is 10.7 Å². The zero-order chi connectivity index (χ0) is 20.7. The molecule has 2 N–H and O–H groups in total. The highest BCUT2D eigenvalue weighted by atomic mass is 32.2. The first kappa shape index (κ1) is 21.5. The van der Waals surface area contributed by atoms with Gasteiger partial charge >= 0.3 is 5.97 Å². The molecule has 11 heteroatoms. The van der Waals surface area contributed by atoms with Crippen molar-refractivity contribution in [1.29, 1.82) is 0 Å². The molecular formula is C17H22N4O6S. The number of hydrazone groups is 1. The van der Waals surface area contributed by atoms with Crippen LogP contribution in [0.25, 0.3) is 0 Å². The van der Waals surface area contributed by atoms with E-state index in [9.17, 15) is 22.8 Å². The summed E-state index contributed by atoms with van der Waals surface area (Å²) in [6, 6.07) is 5.71. The van der Waals surface area contributed by atoms with Gasteiger partial charge in [0.25, 0.3) is 5.91 Å². The van der Waals surface area contributed by atoms with Gasteiger partial charge in [0.2, 0.25) is 15.9 Å². The van der Waals surface area contributed by atoms with Crippen LogP contribution >= 0.6 is 0 Å². The van der Waals surface area contributed by atoms with Crippen LogP contribution in [0.5, 0.6) is 0 Å². The molecule has 1 heterocycles. The van der Waals surface area contributed by atoms with Gasteiger partial charge < -0.3 is 10.1 Å². The lowest BCUT2D eigenvalue weighted by Crippen LogP contribution is -2.32. The Morgan fingerprint density at radius 1 is 1.18 bits per heavy atom. The average Bonchev–Trinajstić information content (AvgIpc) is 2.68. The van der Waals surface area contributed by atoms with E-state index in [-0.39, 0.29) is 29.4 Å². The highest BCUT2D eigenvalue weighted by molar-refractivity contribution is 7.89. The predicted molar refractivity (Wildman–Crippen MR) is 101 cm³/mol. The predicted octanol–water partition coefficient (Wildman–Crippen LogP) is 0.465. The van der Waals surface area contributed by atoms with E-state index in [1.807, 2.05) is 0 Å². The van der Waals surface area contributed by atoms with Gasteiger partial charge in [-0.1, -0.05) is 13.8 Å². The van der Waals surface area contributed by atoms with E-state index >= 15 is 0 Å². The molecule has 0 atom stereocenters. The third-order valence-electron chi connectivity index (χ3n) is 3.96. The number of nitrogens with one attached hydrogen (secondary N) is 2. The molecule has 10 nitrogen and oxygen atoms in total. The van der Waals surface area contributed by atoms with E-state index in [2.05, 4.69) is 15.8 Å². The van der Waals surface area contributed by atoms with Crippen molar-refractivity contribution in [3.05, 3.63) is 24.3 Å². The van der Waals surface area contributed by atoms with Gasteiger partial charge in [0.15, 0.2) is 6.61 Å². The third-order valence-corrected chi connectivity index (χ3v) is 6.02. The van der Waals surface area contributed by atoms with Crippen LogP contribution in [0.3, 0.4) is 0 Å². The number of esters is 1. The Balaban J connectivity index is 1.91. The number of ether oxygens (including phenoxy) is 1. The highest BCUT2D eigenvalue weighted by Gasteiger charge is 2.22. The second-order valence-electron chi connectivity index (χ2n) is 5.83. The summed E-state index contributed by atoms with van der Waals surface area (Å²) in [4.78, 5) is 34.8. The van der Waals surface area contributed by atoms with Gasteiger partial charge in [-0.3, -0.25) is 9.59 Å². The molecule has 1 aromatic carbocycles. The fourth-order valence-corrected chi connectivity index (χ4v) is 3.91. The fraction of sp³-hybridized carbons (Fsp3) is 0.412. The van der Waals surface area contributed by atoms with Gasteiger partial charge in [0.1, 0.15) is 5.71 Å². The molecule has 1 aromatic rings. The van der Waals surface area contributed by atoms with Gasteiger partial charge in [0, 0.05) is 31.6 Å². The van der Waals surface area contributed by atoms with Crippen molar-refractivity contribution < 1.29 is 27.5 Å². The van der Waals surface area contributed by atoms with Crippen molar-refractivity contribution in [3.8, 4) is 0 Å². The summed E-state index contributed by atoms with van der Waals surface area (Å²) in [5.74, 6) is -1.66. The number of hydrogen-bond donors (Lipinski definition) is 2.